The van der Waals surface area contributed by atoms with Gasteiger partial charge in [0.15, 0.2) is 0 Å². The Kier molecular flexibility index (Phi) is 5.14. The van der Waals surface area contributed by atoms with E-state index in [0.717, 1.165) is 12.1 Å². The highest BCUT2D eigenvalue weighted by atomic mass is 19.4. The van der Waals surface area contributed by atoms with E-state index in [1.54, 1.807) is 0 Å². The minimum Gasteiger partial charge on any atom is -0.464 e. The lowest BCUT2D eigenvalue weighted by atomic mass is 9.85. The van der Waals surface area contributed by atoms with Crippen LogP contribution < -0.4 is 0 Å². The average molecular weight is 471 g/mol. The number of esters is 1. The summed E-state index contributed by atoms with van der Waals surface area (Å²) >= 11 is 0. The van der Waals surface area contributed by atoms with Crippen molar-refractivity contribution in [2.75, 3.05) is 7.11 Å². The molecule has 1 unspecified atom stereocenters. The van der Waals surface area contributed by atoms with E-state index in [9.17, 15) is 31.1 Å². The topological polar surface area (TPSA) is 65.2 Å². The molecular formula is C21H15F6N3O3. The molecule has 0 amide bonds. The van der Waals surface area contributed by atoms with E-state index in [0.29, 0.717) is 6.07 Å². The number of hydrogen-bond acceptors (Lipinski definition) is 5. The van der Waals surface area contributed by atoms with Crippen molar-refractivity contribution in [3.63, 3.8) is 0 Å². The van der Waals surface area contributed by atoms with Crippen LogP contribution in [0.3, 0.4) is 0 Å². The number of alkyl halides is 6. The molecule has 6 nitrogen and oxygen atoms in total. The van der Waals surface area contributed by atoms with Gasteiger partial charge in [-0.15, -0.1) is 0 Å². The number of ether oxygens (including phenoxy) is 1. The number of benzene rings is 1. The van der Waals surface area contributed by atoms with Gasteiger partial charge in [0.1, 0.15) is 11.3 Å². The van der Waals surface area contributed by atoms with Crippen LogP contribution >= 0.6 is 0 Å². The van der Waals surface area contributed by atoms with Crippen molar-refractivity contribution in [2.45, 2.75) is 31.3 Å². The van der Waals surface area contributed by atoms with E-state index in [2.05, 4.69) is 14.9 Å². The number of carbonyl (C=O) groups is 1. The number of rotatable bonds is 3. The van der Waals surface area contributed by atoms with Crippen LogP contribution in [0.5, 0.6) is 0 Å². The molecule has 1 atom stereocenters. The lowest BCUT2D eigenvalue weighted by molar-refractivity contribution is -0.276. The van der Waals surface area contributed by atoms with Gasteiger partial charge in [0.05, 0.1) is 24.8 Å². The first kappa shape index (κ1) is 22.6. The Morgan fingerprint density at radius 3 is 2.52 bits per heavy atom. The summed E-state index contributed by atoms with van der Waals surface area (Å²) in [6, 6.07) is 4.82. The van der Waals surface area contributed by atoms with Crippen molar-refractivity contribution < 1.29 is 40.7 Å². The van der Waals surface area contributed by atoms with Crippen molar-refractivity contribution >= 4 is 17.3 Å². The fourth-order valence-electron chi connectivity index (χ4n) is 3.74. The second kappa shape index (κ2) is 7.49. The standard InChI is InChI=1S/C21H15F6N3O3/c1-11-7-12(9-13(8-11)20(22,23)24)19(21(25,26)27)10-15(29-33-19)14-3-4-16(18(31)32-2)30-6-5-28-17(14)30/h3-9H,10H2,1-2H3. The minimum atomic E-state index is -5.09. The zero-order chi connectivity index (χ0) is 24.2. The normalized spacial score (nSPS) is 18.8. The molecule has 174 valence electrons. The molecule has 0 radical (unpaired) electrons. The fraction of sp³-hybridized carbons (Fsp3) is 0.286. The third-order valence-electron chi connectivity index (χ3n) is 5.31. The number of methoxy groups -OCH3 is 1. The van der Waals surface area contributed by atoms with Gasteiger partial charge >= 0.3 is 18.3 Å². The minimum absolute atomic E-state index is 0.0152. The molecule has 0 N–H and O–H groups in total. The van der Waals surface area contributed by atoms with E-state index in [4.69, 9.17) is 4.84 Å². The highest BCUT2D eigenvalue weighted by Crippen LogP contribution is 2.50. The molecule has 3 heterocycles. The molecule has 0 saturated carbocycles. The van der Waals surface area contributed by atoms with Gasteiger partial charge in [-0.3, -0.25) is 4.40 Å². The van der Waals surface area contributed by atoms with Crippen LogP contribution in [-0.2, 0) is 21.4 Å². The molecule has 2 aromatic heterocycles. The number of carbonyl (C=O) groups excluding carboxylic acids is 1. The molecule has 0 fully saturated rings. The number of aryl methyl sites for hydroxylation is 1. The van der Waals surface area contributed by atoms with Crippen LogP contribution in [0, 0.1) is 6.92 Å². The molecule has 12 heteroatoms. The maximum absolute atomic E-state index is 14.3. The molecular weight excluding hydrogens is 456 g/mol. The summed E-state index contributed by atoms with van der Waals surface area (Å²) in [4.78, 5) is 20.9. The Hall–Kier alpha value is -3.57. The Morgan fingerprint density at radius 2 is 1.88 bits per heavy atom. The van der Waals surface area contributed by atoms with E-state index < -0.39 is 41.5 Å². The number of oxime groups is 1. The lowest BCUT2D eigenvalue weighted by Crippen LogP contribution is -2.43. The molecule has 0 spiro atoms. The van der Waals surface area contributed by atoms with Crippen LogP contribution in [0.2, 0.25) is 0 Å². The van der Waals surface area contributed by atoms with E-state index in [-0.39, 0.29) is 28.2 Å². The van der Waals surface area contributed by atoms with Crippen molar-refractivity contribution in [1.29, 1.82) is 0 Å². The van der Waals surface area contributed by atoms with Gasteiger partial charge in [-0.05, 0) is 31.2 Å². The van der Waals surface area contributed by atoms with Crippen LogP contribution in [0.25, 0.3) is 5.65 Å². The molecule has 0 bridgehead atoms. The highest BCUT2D eigenvalue weighted by molar-refractivity contribution is 6.07. The number of fused-ring (bicyclic) bond motifs is 1. The van der Waals surface area contributed by atoms with E-state index >= 15 is 0 Å². The molecule has 1 aliphatic rings. The molecule has 0 aliphatic carbocycles. The Bertz CT molecular complexity index is 1280. The third-order valence-corrected chi connectivity index (χ3v) is 5.31. The fourth-order valence-corrected chi connectivity index (χ4v) is 3.74. The molecule has 4 rings (SSSR count). The van der Waals surface area contributed by atoms with Gasteiger partial charge < -0.3 is 9.57 Å². The first-order valence-corrected chi connectivity index (χ1v) is 9.43. The lowest BCUT2D eigenvalue weighted by Gasteiger charge is -2.30. The van der Waals surface area contributed by atoms with Gasteiger partial charge in [0.2, 0.25) is 0 Å². The SMILES string of the molecule is COC(=O)c1ccc(C2=NOC(c3cc(C)cc(C(F)(F)F)c3)(C(F)(F)F)C2)c2nccn12. The van der Waals surface area contributed by atoms with Gasteiger partial charge in [-0.1, -0.05) is 16.8 Å². The van der Waals surface area contributed by atoms with Gasteiger partial charge in [-0.2, -0.15) is 26.3 Å². The van der Waals surface area contributed by atoms with Crippen LogP contribution in [-0.4, -0.2) is 34.4 Å². The summed E-state index contributed by atoms with van der Waals surface area (Å²) < 4.78 is 88.6. The predicted molar refractivity (Wildman–Crippen MR) is 103 cm³/mol. The van der Waals surface area contributed by atoms with Gasteiger partial charge in [-0.25, -0.2) is 9.78 Å². The Morgan fingerprint density at radius 1 is 1.15 bits per heavy atom. The van der Waals surface area contributed by atoms with Crippen molar-refractivity contribution in [2.24, 2.45) is 5.16 Å². The van der Waals surface area contributed by atoms with Crippen LogP contribution in [0.4, 0.5) is 26.3 Å². The summed E-state index contributed by atoms with van der Waals surface area (Å²) in [6.07, 6.45) is -8.09. The number of hydrogen-bond donors (Lipinski definition) is 0. The van der Waals surface area contributed by atoms with Gasteiger partial charge in [0, 0.05) is 23.5 Å². The first-order chi connectivity index (χ1) is 15.4. The number of nitrogens with zero attached hydrogens (tertiary/aromatic N) is 3. The Balaban J connectivity index is 1.82. The summed E-state index contributed by atoms with van der Waals surface area (Å²) in [7, 11) is 1.17. The zero-order valence-electron chi connectivity index (χ0n) is 17.1. The van der Waals surface area contributed by atoms with Crippen molar-refractivity contribution in [3.8, 4) is 0 Å². The maximum atomic E-state index is 14.3. The highest BCUT2D eigenvalue weighted by Gasteiger charge is 2.62. The number of imidazole rings is 1. The number of aromatic nitrogens is 2. The summed E-state index contributed by atoms with van der Waals surface area (Å²) in [6.45, 7) is 1.26. The summed E-state index contributed by atoms with van der Waals surface area (Å²) in [5.41, 5.74) is -4.96. The summed E-state index contributed by atoms with van der Waals surface area (Å²) in [5, 5.41) is 3.59. The molecule has 3 aromatic rings. The number of pyridine rings is 1. The van der Waals surface area contributed by atoms with E-state index in [1.807, 2.05) is 0 Å². The van der Waals surface area contributed by atoms with Crippen LogP contribution in [0.15, 0.2) is 47.9 Å². The van der Waals surface area contributed by atoms with E-state index in [1.165, 1.54) is 43.0 Å². The van der Waals surface area contributed by atoms with Crippen LogP contribution in [0.1, 0.15) is 39.2 Å². The summed E-state index contributed by atoms with van der Waals surface area (Å²) in [5.74, 6) is -0.696. The molecule has 1 aromatic carbocycles. The van der Waals surface area contributed by atoms with Crippen molar-refractivity contribution in [3.05, 3.63) is 70.7 Å². The Labute approximate surface area is 182 Å². The van der Waals surface area contributed by atoms with Gasteiger partial charge in [0.25, 0.3) is 5.60 Å². The zero-order valence-corrected chi connectivity index (χ0v) is 17.1. The molecule has 33 heavy (non-hydrogen) atoms. The quantitative estimate of drug-likeness (QED) is 0.397. The number of halogens is 6. The van der Waals surface area contributed by atoms with Crippen molar-refractivity contribution in [1.82, 2.24) is 9.38 Å². The predicted octanol–water partition coefficient (Wildman–Crippen LogP) is 5.03. The average Bonchev–Trinajstić information content (AvgIpc) is 3.39. The maximum Gasteiger partial charge on any atom is 0.435 e. The second-order valence-corrected chi connectivity index (χ2v) is 7.46. The second-order valence-electron chi connectivity index (χ2n) is 7.46. The monoisotopic (exact) mass is 471 g/mol. The first-order valence-electron chi connectivity index (χ1n) is 9.43. The molecule has 1 aliphatic heterocycles. The molecule has 0 saturated heterocycles. The largest absolute Gasteiger partial charge is 0.464 e. The third kappa shape index (κ3) is 3.68. The smallest absolute Gasteiger partial charge is 0.435 e.